The molecule has 2 aromatic heterocycles. The molecule has 0 aliphatic carbocycles. The Morgan fingerprint density at radius 1 is 1.21 bits per heavy atom. The monoisotopic (exact) mass is 482 g/mol. The van der Waals surface area contributed by atoms with Crippen molar-refractivity contribution in [2.24, 2.45) is 0 Å². The largest absolute Gasteiger partial charge is 0.494 e. The van der Waals surface area contributed by atoms with E-state index < -0.39 is 0 Å². The number of ether oxygens (including phenoxy) is 2. The van der Waals surface area contributed by atoms with Gasteiger partial charge in [0.2, 0.25) is 0 Å². The third-order valence-corrected chi connectivity index (χ3v) is 6.42. The highest BCUT2D eigenvalue weighted by molar-refractivity contribution is 6.34. The van der Waals surface area contributed by atoms with Crippen molar-refractivity contribution in [2.45, 2.75) is 6.54 Å². The Balaban J connectivity index is 1.13. The molecule has 5 rings (SSSR count). The van der Waals surface area contributed by atoms with E-state index in [1.165, 1.54) is 0 Å². The van der Waals surface area contributed by atoms with Gasteiger partial charge in [-0.15, -0.1) is 0 Å². The molecule has 0 unspecified atom stereocenters. The average Bonchev–Trinajstić information content (AvgIpc) is 2.86. The minimum absolute atomic E-state index is 0.0390. The number of benzene rings is 1. The molecule has 4 heterocycles. The fraction of sp³-hybridized carbons (Fsp3) is 0.375. The van der Waals surface area contributed by atoms with E-state index in [2.05, 4.69) is 36.5 Å². The number of carbonyl (C=O) groups excluding carboxylic acids is 1. The van der Waals surface area contributed by atoms with Gasteiger partial charge in [0.1, 0.15) is 11.3 Å². The number of hydrogen-bond acceptors (Lipinski definition) is 8. The van der Waals surface area contributed by atoms with Crippen LogP contribution in [0.4, 0.5) is 11.5 Å². The van der Waals surface area contributed by atoms with Crippen molar-refractivity contribution in [2.75, 3.05) is 63.2 Å². The van der Waals surface area contributed by atoms with Crippen molar-refractivity contribution in [1.82, 2.24) is 20.2 Å². The molecule has 0 spiro atoms. The molecule has 1 fully saturated rings. The fourth-order valence-electron chi connectivity index (χ4n) is 4.40. The van der Waals surface area contributed by atoms with Gasteiger partial charge in [-0.25, -0.2) is 4.98 Å². The van der Waals surface area contributed by atoms with Crippen LogP contribution < -0.4 is 25.0 Å². The number of fused-ring (bicyclic) bond motifs is 2. The first-order valence-corrected chi connectivity index (χ1v) is 11.7. The smallest absolute Gasteiger partial charge is 0.263 e. The van der Waals surface area contributed by atoms with Crippen LogP contribution in [0.25, 0.3) is 10.9 Å². The molecule has 34 heavy (non-hydrogen) atoms. The zero-order valence-corrected chi connectivity index (χ0v) is 19.8. The standard InChI is InChI=1S/C24H27ClN6O3/c1-33-19-4-2-3-17-22(19)27-14-18(25)23(17)31-11-9-30(10-12-31)8-7-26-13-16-5-6-20-24(28-16)29-21(32)15-34-20/h2-6,14,26H,7-13,15H2,1H3,(H,28,29,32). The maximum atomic E-state index is 11.5. The van der Waals surface area contributed by atoms with Crippen molar-refractivity contribution < 1.29 is 14.3 Å². The third-order valence-electron chi connectivity index (χ3n) is 6.14. The summed E-state index contributed by atoms with van der Waals surface area (Å²) < 4.78 is 10.8. The number of halogens is 1. The van der Waals surface area contributed by atoms with E-state index in [0.29, 0.717) is 23.1 Å². The zero-order chi connectivity index (χ0) is 23.5. The minimum atomic E-state index is -0.176. The van der Waals surface area contributed by atoms with Crippen LogP contribution in [0, 0.1) is 0 Å². The highest BCUT2D eigenvalue weighted by Crippen LogP contribution is 2.36. The van der Waals surface area contributed by atoms with Crippen LogP contribution in [0.2, 0.25) is 5.02 Å². The first kappa shape index (κ1) is 22.6. The molecule has 3 aromatic rings. The SMILES string of the molecule is COc1cccc2c(N3CCN(CCNCc4ccc5c(n4)NC(=O)CO5)CC3)c(Cl)cnc12. The van der Waals surface area contributed by atoms with E-state index in [4.69, 9.17) is 21.1 Å². The molecule has 0 bridgehead atoms. The number of para-hydroxylation sites is 1. The van der Waals surface area contributed by atoms with Gasteiger partial charge in [-0.1, -0.05) is 23.7 Å². The quantitative estimate of drug-likeness (QED) is 0.496. The predicted octanol–water partition coefficient (Wildman–Crippen LogP) is 2.53. The lowest BCUT2D eigenvalue weighted by Crippen LogP contribution is -2.48. The van der Waals surface area contributed by atoms with Crippen LogP contribution >= 0.6 is 11.6 Å². The van der Waals surface area contributed by atoms with Crippen LogP contribution in [-0.4, -0.2) is 73.8 Å². The Labute approximate surface area is 203 Å². The molecular formula is C24H27ClN6O3. The first-order chi connectivity index (χ1) is 16.6. The molecule has 2 aliphatic rings. The summed E-state index contributed by atoms with van der Waals surface area (Å²) in [6, 6.07) is 9.71. The van der Waals surface area contributed by atoms with E-state index in [0.717, 1.165) is 67.3 Å². The van der Waals surface area contributed by atoms with Crippen LogP contribution in [0.5, 0.6) is 11.5 Å². The molecule has 9 nitrogen and oxygen atoms in total. The summed E-state index contributed by atoms with van der Waals surface area (Å²) in [6.45, 7) is 6.14. The molecule has 1 saturated heterocycles. The topological polar surface area (TPSA) is 91.9 Å². The molecule has 178 valence electrons. The van der Waals surface area contributed by atoms with Crippen LogP contribution in [0.15, 0.2) is 36.5 Å². The van der Waals surface area contributed by atoms with Gasteiger partial charge in [0, 0.05) is 57.4 Å². The summed E-state index contributed by atoms with van der Waals surface area (Å²) in [7, 11) is 1.66. The number of aromatic nitrogens is 2. The summed E-state index contributed by atoms with van der Waals surface area (Å²) in [4.78, 5) is 25.2. The molecule has 10 heteroatoms. The maximum Gasteiger partial charge on any atom is 0.263 e. The van der Waals surface area contributed by atoms with Crippen LogP contribution in [-0.2, 0) is 11.3 Å². The molecule has 1 aromatic carbocycles. The summed E-state index contributed by atoms with van der Waals surface area (Å²) in [5.74, 6) is 1.68. The van der Waals surface area contributed by atoms with Crippen molar-refractivity contribution in [3.8, 4) is 11.5 Å². The Hall–Kier alpha value is -3.14. The Kier molecular flexibility index (Phi) is 6.66. The van der Waals surface area contributed by atoms with Gasteiger partial charge in [0.25, 0.3) is 5.91 Å². The third kappa shape index (κ3) is 4.72. The predicted molar refractivity (Wildman–Crippen MR) is 132 cm³/mol. The van der Waals surface area contributed by atoms with Gasteiger partial charge in [-0.3, -0.25) is 14.7 Å². The van der Waals surface area contributed by atoms with Gasteiger partial charge in [0.05, 0.1) is 23.5 Å². The summed E-state index contributed by atoms with van der Waals surface area (Å²) in [6.07, 6.45) is 1.71. The summed E-state index contributed by atoms with van der Waals surface area (Å²) >= 11 is 6.58. The highest BCUT2D eigenvalue weighted by Gasteiger charge is 2.22. The fourth-order valence-corrected chi connectivity index (χ4v) is 4.67. The number of carbonyl (C=O) groups is 1. The number of anilines is 2. The van der Waals surface area contributed by atoms with Gasteiger partial charge in [-0.2, -0.15) is 0 Å². The molecule has 0 atom stereocenters. The molecule has 1 amide bonds. The maximum absolute atomic E-state index is 11.5. The summed E-state index contributed by atoms with van der Waals surface area (Å²) in [5.41, 5.74) is 2.72. The number of rotatable bonds is 7. The van der Waals surface area contributed by atoms with E-state index >= 15 is 0 Å². The average molecular weight is 483 g/mol. The van der Waals surface area contributed by atoms with E-state index in [1.54, 1.807) is 13.3 Å². The van der Waals surface area contributed by atoms with Gasteiger partial charge in [-0.05, 0) is 18.2 Å². The second kappa shape index (κ2) is 10.0. The molecule has 0 radical (unpaired) electrons. The Bertz CT molecular complexity index is 1200. The number of nitrogens with zero attached hydrogens (tertiary/aromatic N) is 4. The van der Waals surface area contributed by atoms with Crippen molar-refractivity contribution in [3.63, 3.8) is 0 Å². The van der Waals surface area contributed by atoms with E-state index in [1.807, 2.05) is 24.3 Å². The first-order valence-electron chi connectivity index (χ1n) is 11.3. The molecule has 2 N–H and O–H groups in total. The Morgan fingerprint density at radius 2 is 2.06 bits per heavy atom. The van der Waals surface area contributed by atoms with Crippen molar-refractivity contribution in [1.29, 1.82) is 0 Å². The number of pyridine rings is 2. The van der Waals surface area contributed by atoms with E-state index in [-0.39, 0.29) is 12.5 Å². The number of hydrogen-bond donors (Lipinski definition) is 2. The Morgan fingerprint density at radius 3 is 2.88 bits per heavy atom. The van der Waals surface area contributed by atoms with Gasteiger partial charge >= 0.3 is 0 Å². The highest BCUT2D eigenvalue weighted by atomic mass is 35.5. The number of amides is 1. The number of piperazine rings is 1. The summed E-state index contributed by atoms with van der Waals surface area (Å²) in [5, 5.41) is 7.86. The lowest BCUT2D eigenvalue weighted by atomic mass is 10.1. The van der Waals surface area contributed by atoms with Crippen LogP contribution in [0.3, 0.4) is 0 Å². The van der Waals surface area contributed by atoms with E-state index in [9.17, 15) is 4.79 Å². The lowest BCUT2D eigenvalue weighted by Gasteiger charge is -2.37. The van der Waals surface area contributed by atoms with Gasteiger partial charge < -0.3 is 25.0 Å². The second-order valence-corrected chi connectivity index (χ2v) is 8.71. The zero-order valence-electron chi connectivity index (χ0n) is 19.0. The molecule has 2 aliphatic heterocycles. The number of methoxy groups -OCH3 is 1. The molecule has 0 saturated carbocycles. The van der Waals surface area contributed by atoms with Crippen molar-refractivity contribution >= 4 is 39.9 Å². The number of nitrogens with one attached hydrogen (secondary N) is 2. The second-order valence-electron chi connectivity index (χ2n) is 8.30. The van der Waals surface area contributed by atoms with Crippen LogP contribution in [0.1, 0.15) is 5.69 Å². The normalized spacial score (nSPS) is 16.2. The van der Waals surface area contributed by atoms with Crippen molar-refractivity contribution in [3.05, 3.63) is 47.2 Å². The molecular weight excluding hydrogens is 456 g/mol. The van der Waals surface area contributed by atoms with Gasteiger partial charge in [0.15, 0.2) is 18.2 Å². The minimum Gasteiger partial charge on any atom is -0.494 e. The lowest BCUT2D eigenvalue weighted by molar-refractivity contribution is -0.118.